The fraction of sp³-hybridized carbons (Fsp3) is 0.300. The van der Waals surface area contributed by atoms with E-state index in [4.69, 9.17) is 11.6 Å². The molecule has 1 aliphatic heterocycles. The van der Waals surface area contributed by atoms with Gasteiger partial charge >= 0.3 is 0 Å². The third-order valence-corrected chi connectivity index (χ3v) is 2.75. The Morgan fingerprint density at radius 1 is 1.43 bits per heavy atom. The van der Waals surface area contributed by atoms with Gasteiger partial charge in [0.1, 0.15) is 5.82 Å². The summed E-state index contributed by atoms with van der Waals surface area (Å²) in [5, 5.41) is 2.82. The van der Waals surface area contributed by atoms with E-state index in [1.54, 1.807) is 19.9 Å². The first-order valence-corrected chi connectivity index (χ1v) is 4.61. The van der Waals surface area contributed by atoms with E-state index in [1.165, 1.54) is 6.07 Å². The minimum atomic E-state index is -0.707. The van der Waals surface area contributed by atoms with Crippen LogP contribution in [0.2, 0.25) is 5.02 Å². The van der Waals surface area contributed by atoms with Crippen LogP contribution < -0.4 is 5.32 Å². The number of fused-ring (bicyclic) bond motifs is 1. The van der Waals surface area contributed by atoms with Crippen molar-refractivity contribution in [1.29, 1.82) is 0 Å². The maximum atomic E-state index is 13.4. The van der Waals surface area contributed by atoms with Gasteiger partial charge in [-0.15, -0.1) is 0 Å². The smallest absolute Gasteiger partial charge is 0.234 e. The number of amides is 1. The van der Waals surface area contributed by atoms with E-state index in [2.05, 4.69) is 5.32 Å². The lowest BCUT2D eigenvalue weighted by Gasteiger charge is -2.14. The molecule has 0 saturated carbocycles. The first-order valence-electron chi connectivity index (χ1n) is 4.24. The van der Waals surface area contributed by atoms with Gasteiger partial charge in [0.15, 0.2) is 0 Å². The molecule has 14 heavy (non-hydrogen) atoms. The summed E-state index contributed by atoms with van der Waals surface area (Å²) in [7, 11) is 0. The summed E-state index contributed by atoms with van der Waals surface area (Å²) >= 11 is 5.72. The molecule has 1 heterocycles. The summed E-state index contributed by atoms with van der Waals surface area (Å²) in [4.78, 5) is 11.5. The number of carbonyl (C=O) groups excluding carboxylic acids is 1. The second-order valence-electron chi connectivity index (χ2n) is 3.89. The van der Waals surface area contributed by atoms with Crippen LogP contribution in [0.25, 0.3) is 0 Å². The molecule has 1 amide bonds. The normalized spacial score (nSPS) is 17.9. The lowest BCUT2D eigenvalue weighted by atomic mass is 9.86. The number of hydrogen-bond acceptors (Lipinski definition) is 1. The number of halogens is 2. The van der Waals surface area contributed by atoms with Crippen molar-refractivity contribution in [2.75, 3.05) is 5.32 Å². The van der Waals surface area contributed by atoms with Crippen LogP contribution in [0.4, 0.5) is 10.1 Å². The Hall–Kier alpha value is -1.09. The third kappa shape index (κ3) is 1.12. The van der Waals surface area contributed by atoms with Crippen LogP contribution in [0, 0.1) is 5.82 Å². The van der Waals surface area contributed by atoms with Crippen molar-refractivity contribution in [1.82, 2.24) is 0 Å². The highest BCUT2D eigenvalue weighted by Gasteiger charge is 2.40. The van der Waals surface area contributed by atoms with Crippen molar-refractivity contribution in [2.24, 2.45) is 0 Å². The standard InChI is InChI=1S/C10H9ClFNO/c1-10(2)6-3-5(11)4-7(12)8(6)13-9(10)14/h3-4H,1-2H3,(H,13,14). The number of anilines is 1. The first-order chi connectivity index (χ1) is 6.43. The van der Waals surface area contributed by atoms with Crippen molar-refractivity contribution >= 4 is 23.2 Å². The molecule has 1 aliphatic rings. The maximum absolute atomic E-state index is 13.4. The summed E-state index contributed by atoms with van der Waals surface area (Å²) in [5.41, 5.74) is 0.165. The molecule has 0 radical (unpaired) electrons. The Bertz CT molecular complexity index is 428. The topological polar surface area (TPSA) is 29.1 Å². The van der Waals surface area contributed by atoms with Crippen molar-refractivity contribution in [3.63, 3.8) is 0 Å². The lowest BCUT2D eigenvalue weighted by Crippen LogP contribution is -2.26. The molecule has 2 nitrogen and oxygen atoms in total. The van der Waals surface area contributed by atoms with Gasteiger partial charge in [0.05, 0.1) is 11.1 Å². The Morgan fingerprint density at radius 3 is 2.71 bits per heavy atom. The largest absolute Gasteiger partial charge is 0.323 e. The summed E-state index contributed by atoms with van der Waals surface area (Å²) in [6, 6.07) is 2.82. The summed E-state index contributed by atoms with van der Waals surface area (Å²) in [6.07, 6.45) is 0. The Balaban J connectivity index is 2.71. The highest BCUT2D eigenvalue weighted by atomic mass is 35.5. The number of hydrogen-bond donors (Lipinski definition) is 1. The van der Waals surface area contributed by atoms with Gasteiger partial charge in [0.25, 0.3) is 0 Å². The van der Waals surface area contributed by atoms with Crippen LogP contribution in [-0.4, -0.2) is 5.91 Å². The molecular formula is C10H9ClFNO. The molecule has 1 N–H and O–H groups in total. The van der Waals surface area contributed by atoms with Gasteiger partial charge in [-0.2, -0.15) is 0 Å². The van der Waals surface area contributed by atoms with Crippen molar-refractivity contribution in [2.45, 2.75) is 19.3 Å². The summed E-state index contributed by atoms with van der Waals surface area (Å²) < 4.78 is 13.4. The zero-order chi connectivity index (χ0) is 10.5. The molecule has 0 unspecified atom stereocenters. The van der Waals surface area contributed by atoms with E-state index < -0.39 is 11.2 Å². The molecule has 2 rings (SSSR count). The summed E-state index contributed by atoms with van der Waals surface area (Å²) in [6.45, 7) is 3.48. The average Bonchev–Trinajstić information content (AvgIpc) is 2.28. The van der Waals surface area contributed by atoms with Crippen molar-refractivity contribution in [3.8, 4) is 0 Å². The van der Waals surface area contributed by atoms with Crippen LogP contribution in [0.15, 0.2) is 12.1 Å². The molecule has 1 aromatic carbocycles. The van der Waals surface area contributed by atoms with Crippen molar-refractivity contribution < 1.29 is 9.18 Å². The monoisotopic (exact) mass is 213 g/mol. The molecule has 1 aromatic rings. The second kappa shape index (κ2) is 2.70. The van der Waals surface area contributed by atoms with E-state index in [1.807, 2.05) is 0 Å². The molecule has 0 aliphatic carbocycles. The van der Waals surface area contributed by atoms with Crippen molar-refractivity contribution in [3.05, 3.63) is 28.5 Å². The zero-order valence-electron chi connectivity index (χ0n) is 7.82. The third-order valence-electron chi connectivity index (χ3n) is 2.53. The van der Waals surface area contributed by atoms with E-state index >= 15 is 0 Å². The molecule has 0 aromatic heterocycles. The highest BCUT2D eigenvalue weighted by Crippen LogP contribution is 2.40. The maximum Gasteiger partial charge on any atom is 0.234 e. The van der Waals surface area contributed by atoms with Gasteiger partial charge in [0.2, 0.25) is 5.91 Å². The molecule has 0 saturated heterocycles. The average molecular weight is 214 g/mol. The number of rotatable bonds is 0. The van der Waals surface area contributed by atoms with Gasteiger partial charge < -0.3 is 5.32 Å². The molecule has 0 fully saturated rings. The Labute approximate surface area is 86.1 Å². The van der Waals surface area contributed by atoms with Crippen LogP contribution >= 0.6 is 11.6 Å². The van der Waals surface area contributed by atoms with Crippen LogP contribution in [0.1, 0.15) is 19.4 Å². The van der Waals surface area contributed by atoms with Gasteiger partial charge in [-0.3, -0.25) is 4.79 Å². The predicted octanol–water partition coefficient (Wildman–Crippen LogP) is 2.71. The Morgan fingerprint density at radius 2 is 2.07 bits per heavy atom. The van der Waals surface area contributed by atoms with E-state index in [0.29, 0.717) is 10.6 Å². The van der Waals surface area contributed by atoms with E-state index in [-0.39, 0.29) is 11.6 Å². The quantitative estimate of drug-likeness (QED) is 0.706. The minimum absolute atomic E-state index is 0.200. The Kier molecular flexibility index (Phi) is 1.83. The molecule has 4 heteroatoms. The fourth-order valence-corrected chi connectivity index (χ4v) is 1.79. The molecule has 0 spiro atoms. The first kappa shape index (κ1) is 9.46. The molecule has 74 valence electrons. The van der Waals surface area contributed by atoms with Crippen LogP contribution in [0.3, 0.4) is 0 Å². The van der Waals surface area contributed by atoms with Gasteiger partial charge in [-0.1, -0.05) is 11.6 Å². The van der Waals surface area contributed by atoms with Crippen LogP contribution in [0.5, 0.6) is 0 Å². The minimum Gasteiger partial charge on any atom is -0.323 e. The van der Waals surface area contributed by atoms with Gasteiger partial charge in [-0.05, 0) is 31.5 Å². The zero-order valence-corrected chi connectivity index (χ0v) is 8.57. The molecule has 0 atom stereocenters. The second-order valence-corrected chi connectivity index (χ2v) is 4.33. The fourth-order valence-electron chi connectivity index (χ4n) is 1.59. The SMILES string of the molecule is CC1(C)C(=O)Nc2c(F)cc(Cl)cc21. The molecular weight excluding hydrogens is 205 g/mol. The van der Waals surface area contributed by atoms with Gasteiger partial charge in [0, 0.05) is 5.02 Å². The van der Waals surface area contributed by atoms with Gasteiger partial charge in [-0.25, -0.2) is 4.39 Å². The lowest BCUT2D eigenvalue weighted by molar-refractivity contribution is -0.119. The number of carbonyl (C=O) groups is 1. The van der Waals surface area contributed by atoms with E-state index in [0.717, 1.165) is 0 Å². The van der Waals surface area contributed by atoms with E-state index in [9.17, 15) is 9.18 Å². The van der Waals surface area contributed by atoms with Crippen LogP contribution in [-0.2, 0) is 10.2 Å². The number of nitrogens with one attached hydrogen (secondary N) is 1. The highest BCUT2D eigenvalue weighted by molar-refractivity contribution is 6.31. The predicted molar refractivity (Wildman–Crippen MR) is 53.1 cm³/mol. The summed E-state index contributed by atoms with van der Waals surface area (Å²) in [5.74, 6) is -0.680. The molecule has 0 bridgehead atoms. The number of benzene rings is 1.